The molecule has 0 aliphatic carbocycles. The summed E-state index contributed by atoms with van der Waals surface area (Å²) in [5.74, 6) is -0.447. The normalized spacial score (nSPS) is 10.6. The number of carbonyl (C=O) groups excluding carboxylic acids is 2. The van der Waals surface area contributed by atoms with Gasteiger partial charge in [0.25, 0.3) is 5.91 Å². The number of benzene rings is 4. The van der Waals surface area contributed by atoms with Crippen LogP contribution in [0.5, 0.6) is 5.75 Å². The summed E-state index contributed by atoms with van der Waals surface area (Å²) in [6.07, 6.45) is 0. The van der Waals surface area contributed by atoms with Gasteiger partial charge in [-0.15, -0.1) is 0 Å². The van der Waals surface area contributed by atoms with Gasteiger partial charge in [-0.25, -0.2) is 4.79 Å². The molecule has 5 heteroatoms. The third-order valence-electron chi connectivity index (χ3n) is 5.40. The van der Waals surface area contributed by atoms with Crippen molar-refractivity contribution >= 4 is 22.6 Å². The molecular weight excluding hydrogens is 414 g/mol. The predicted molar refractivity (Wildman–Crippen MR) is 128 cm³/mol. The van der Waals surface area contributed by atoms with Gasteiger partial charge in [0.15, 0.2) is 6.61 Å². The molecule has 0 atom stereocenters. The number of ether oxygens (including phenoxy) is 2. The molecule has 5 nitrogen and oxygen atoms in total. The molecular formula is C28H25NO4. The Morgan fingerprint density at radius 2 is 1.24 bits per heavy atom. The molecule has 4 aromatic rings. The second-order valence-electron chi connectivity index (χ2n) is 7.70. The van der Waals surface area contributed by atoms with Crippen LogP contribution in [-0.2, 0) is 22.6 Å². The van der Waals surface area contributed by atoms with Gasteiger partial charge in [0, 0.05) is 13.1 Å². The zero-order valence-corrected chi connectivity index (χ0v) is 18.4. The molecule has 0 radical (unpaired) electrons. The SMILES string of the molecule is COc1cc2ccccc2cc1C(=O)OCC(=O)N(Cc1ccccc1)Cc1ccccc1. The average Bonchev–Trinajstić information content (AvgIpc) is 2.87. The third-order valence-corrected chi connectivity index (χ3v) is 5.40. The van der Waals surface area contributed by atoms with Gasteiger partial charge < -0.3 is 14.4 Å². The first-order valence-corrected chi connectivity index (χ1v) is 10.7. The highest BCUT2D eigenvalue weighted by Gasteiger charge is 2.20. The van der Waals surface area contributed by atoms with Gasteiger partial charge in [-0.2, -0.15) is 0 Å². The van der Waals surface area contributed by atoms with E-state index in [9.17, 15) is 9.59 Å². The number of hydrogen-bond donors (Lipinski definition) is 0. The van der Waals surface area contributed by atoms with E-state index in [-0.39, 0.29) is 12.5 Å². The Morgan fingerprint density at radius 1 is 0.727 bits per heavy atom. The van der Waals surface area contributed by atoms with Crippen molar-refractivity contribution in [2.24, 2.45) is 0 Å². The molecule has 0 spiro atoms. The van der Waals surface area contributed by atoms with Crippen LogP contribution in [0.15, 0.2) is 97.1 Å². The maximum Gasteiger partial charge on any atom is 0.342 e. The summed E-state index contributed by atoms with van der Waals surface area (Å²) < 4.78 is 10.8. The van der Waals surface area contributed by atoms with Crippen molar-refractivity contribution in [2.75, 3.05) is 13.7 Å². The van der Waals surface area contributed by atoms with Crippen LogP contribution in [0.4, 0.5) is 0 Å². The minimum absolute atomic E-state index is 0.268. The minimum Gasteiger partial charge on any atom is -0.496 e. The van der Waals surface area contributed by atoms with E-state index in [1.807, 2.05) is 84.9 Å². The molecule has 0 aliphatic heterocycles. The summed E-state index contributed by atoms with van der Waals surface area (Å²) in [4.78, 5) is 27.6. The monoisotopic (exact) mass is 439 g/mol. The summed E-state index contributed by atoms with van der Waals surface area (Å²) in [6, 6.07) is 30.7. The summed E-state index contributed by atoms with van der Waals surface area (Å²) in [5, 5.41) is 1.85. The Hall–Kier alpha value is -4.12. The molecule has 0 saturated heterocycles. The fourth-order valence-corrected chi connectivity index (χ4v) is 3.68. The lowest BCUT2D eigenvalue weighted by Gasteiger charge is -2.23. The van der Waals surface area contributed by atoms with Crippen LogP contribution in [0, 0.1) is 0 Å². The van der Waals surface area contributed by atoms with Gasteiger partial charge in [0.1, 0.15) is 11.3 Å². The number of amides is 1. The van der Waals surface area contributed by atoms with Gasteiger partial charge in [-0.3, -0.25) is 4.79 Å². The largest absolute Gasteiger partial charge is 0.496 e. The number of carbonyl (C=O) groups is 2. The van der Waals surface area contributed by atoms with Gasteiger partial charge in [-0.1, -0.05) is 84.9 Å². The van der Waals surface area contributed by atoms with Crippen LogP contribution in [-0.4, -0.2) is 30.5 Å². The highest BCUT2D eigenvalue weighted by Crippen LogP contribution is 2.26. The Labute approximate surface area is 193 Å². The topological polar surface area (TPSA) is 55.8 Å². The molecule has 0 heterocycles. The zero-order chi connectivity index (χ0) is 23.0. The van der Waals surface area contributed by atoms with Crippen LogP contribution in [0.1, 0.15) is 21.5 Å². The molecule has 0 unspecified atom stereocenters. The van der Waals surface area contributed by atoms with Crippen LogP contribution in [0.3, 0.4) is 0 Å². The zero-order valence-electron chi connectivity index (χ0n) is 18.4. The van der Waals surface area contributed by atoms with Crippen molar-refractivity contribution in [3.05, 3.63) is 114 Å². The average molecular weight is 440 g/mol. The first-order valence-electron chi connectivity index (χ1n) is 10.7. The molecule has 0 saturated carbocycles. The van der Waals surface area contributed by atoms with E-state index in [0.29, 0.717) is 24.4 Å². The van der Waals surface area contributed by atoms with E-state index in [0.717, 1.165) is 21.9 Å². The van der Waals surface area contributed by atoms with E-state index in [1.165, 1.54) is 7.11 Å². The molecule has 4 rings (SSSR count). The highest BCUT2D eigenvalue weighted by molar-refractivity contribution is 5.99. The van der Waals surface area contributed by atoms with Gasteiger partial charge in [-0.05, 0) is 34.0 Å². The smallest absolute Gasteiger partial charge is 0.342 e. The Bertz CT molecular complexity index is 1200. The van der Waals surface area contributed by atoms with Crippen molar-refractivity contribution in [2.45, 2.75) is 13.1 Å². The quantitative estimate of drug-likeness (QED) is 0.353. The number of methoxy groups -OCH3 is 1. The molecule has 0 fully saturated rings. The van der Waals surface area contributed by atoms with Gasteiger partial charge in [0.2, 0.25) is 0 Å². The minimum atomic E-state index is -0.592. The van der Waals surface area contributed by atoms with E-state index in [4.69, 9.17) is 9.47 Å². The lowest BCUT2D eigenvalue weighted by atomic mass is 10.1. The second kappa shape index (κ2) is 10.5. The van der Waals surface area contributed by atoms with Gasteiger partial charge >= 0.3 is 5.97 Å². The van der Waals surface area contributed by atoms with Gasteiger partial charge in [0.05, 0.1) is 7.11 Å². The van der Waals surface area contributed by atoms with Crippen LogP contribution >= 0.6 is 0 Å². The van der Waals surface area contributed by atoms with Crippen molar-refractivity contribution in [1.29, 1.82) is 0 Å². The standard InChI is InChI=1S/C28H25NO4/c1-32-26-17-24-15-9-8-14-23(24)16-25(26)28(31)33-20-27(30)29(18-21-10-4-2-5-11-21)19-22-12-6-3-7-13-22/h2-17H,18-20H2,1H3. The fraction of sp³-hybridized carbons (Fsp3) is 0.143. The fourth-order valence-electron chi connectivity index (χ4n) is 3.68. The van der Waals surface area contributed by atoms with E-state index < -0.39 is 5.97 Å². The number of nitrogens with zero attached hydrogens (tertiary/aromatic N) is 1. The van der Waals surface area contributed by atoms with Crippen LogP contribution < -0.4 is 4.74 Å². The summed E-state index contributed by atoms with van der Waals surface area (Å²) in [6.45, 7) is 0.491. The number of hydrogen-bond acceptors (Lipinski definition) is 4. The molecule has 0 bridgehead atoms. The Kier molecular flexibility index (Phi) is 7.00. The molecule has 0 aromatic heterocycles. The molecule has 1 amide bonds. The molecule has 33 heavy (non-hydrogen) atoms. The van der Waals surface area contributed by atoms with E-state index >= 15 is 0 Å². The van der Waals surface area contributed by atoms with E-state index in [2.05, 4.69) is 0 Å². The Balaban J connectivity index is 1.49. The number of esters is 1. The summed E-state index contributed by atoms with van der Waals surface area (Å²) in [7, 11) is 1.51. The predicted octanol–water partition coefficient (Wildman–Crippen LogP) is 5.23. The first-order chi connectivity index (χ1) is 16.1. The first kappa shape index (κ1) is 22.1. The van der Waals surface area contributed by atoms with Crippen molar-refractivity contribution in [1.82, 2.24) is 4.90 Å². The summed E-state index contributed by atoms with van der Waals surface area (Å²) >= 11 is 0. The maximum atomic E-state index is 13.1. The number of rotatable bonds is 8. The van der Waals surface area contributed by atoms with Crippen molar-refractivity contribution in [3.8, 4) is 5.75 Å². The summed E-state index contributed by atoms with van der Waals surface area (Å²) in [5.41, 5.74) is 2.30. The van der Waals surface area contributed by atoms with E-state index in [1.54, 1.807) is 17.0 Å². The number of fused-ring (bicyclic) bond motifs is 1. The van der Waals surface area contributed by atoms with Crippen molar-refractivity contribution < 1.29 is 19.1 Å². The Morgan fingerprint density at radius 3 is 1.79 bits per heavy atom. The molecule has 4 aromatic carbocycles. The molecule has 0 N–H and O–H groups in total. The second-order valence-corrected chi connectivity index (χ2v) is 7.70. The van der Waals surface area contributed by atoms with Crippen molar-refractivity contribution in [3.63, 3.8) is 0 Å². The molecule has 166 valence electrons. The third kappa shape index (κ3) is 5.57. The lowest BCUT2D eigenvalue weighted by molar-refractivity contribution is -0.135. The lowest BCUT2D eigenvalue weighted by Crippen LogP contribution is -2.34. The molecule has 0 aliphatic rings. The maximum absolute atomic E-state index is 13.1. The highest BCUT2D eigenvalue weighted by atomic mass is 16.5. The van der Waals surface area contributed by atoms with Crippen LogP contribution in [0.25, 0.3) is 10.8 Å². The van der Waals surface area contributed by atoms with Crippen LogP contribution in [0.2, 0.25) is 0 Å².